The predicted octanol–water partition coefficient (Wildman–Crippen LogP) is 0.775. The summed E-state index contributed by atoms with van der Waals surface area (Å²) in [6.45, 7) is 0. The van der Waals surface area contributed by atoms with Crippen LogP contribution in [0.25, 0.3) is 18.2 Å². The Morgan fingerprint density at radius 2 is 2.31 bits per heavy atom. The van der Waals surface area contributed by atoms with Gasteiger partial charge in [0.15, 0.2) is 0 Å². The molecule has 0 fully saturated rings. The summed E-state index contributed by atoms with van der Waals surface area (Å²) in [4.78, 5) is 8.69. The summed E-state index contributed by atoms with van der Waals surface area (Å²) in [6.07, 6.45) is 13.1. The molecule has 62 valence electrons. The van der Waals surface area contributed by atoms with Crippen LogP contribution >= 0.6 is 0 Å². The fraction of sp³-hybridized carbons (Fsp3) is 0.0909. The summed E-state index contributed by atoms with van der Waals surface area (Å²) in [5.41, 5.74) is 2.23. The van der Waals surface area contributed by atoms with Gasteiger partial charge in [-0.2, -0.15) is 0 Å². The van der Waals surface area contributed by atoms with Gasteiger partial charge in [0.1, 0.15) is 0 Å². The second-order valence-electron chi connectivity index (χ2n) is 3.15. The molecule has 0 bridgehead atoms. The molecule has 0 N–H and O–H groups in total. The SMILES string of the molecule is C1=Cc2c3c(cnc2=CC1)=CC=N3. The van der Waals surface area contributed by atoms with Gasteiger partial charge in [-0.3, -0.25) is 9.98 Å². The summed E-state index contributed by atoms with van der Waals surface area (Å²) in [5.74, 6) is 0. The minimum atomic E-state index is 0.978. The van der Waals surface area contributed by atoms with Crippen molar-refractivity contribution in [1.82, 2.24) is 4.98 Å². The normalized spacial score (nSPS) is 16.0. The highest BCUT2D eigenvalue weighted by Crippen LogP contribution is 2.15. The smallest absolute Gasteiger partial charge is 0.0811 e. The van der Waals surface area contributed by atoms with E-state index >= 15 is 0 Å². The van der Waals surface area contributed by atoms with Crippen molar-refractivity contribution < 1.29 is 0 Å². The fourth-order valence-corrected chi connectivity index (χ4v) is 1.70. The topological polar surface area (TPSA) is 25.2 Å². The number of nitrogens with zero attached hydrogens (tertiary/aromatic N) is 2. The zero-order chi connectivity index (χ0) is 8.67. The lowest BCUT2D eigenvalue weighted by Gasteiger charge is -2.03. The molecule has 2 nitrogen and oxygen atoms in total. The highest BCUT2D eigenvalue weighted by Gasteiger charge is 2.07. The summed E-state index contributed by atoms with van der Waals surface area (Å²) < 4.78 is 0. The van der Waals surface area contributed by atoms with E-state index < -0.39 is 0 Å². The van der Waals surface area contributed by atoms with E-state index in [1.807, 2.05) is 18.5 Å². The number of hydrogen-bond acceptors (Lipinski definition) is 2. The standard InChI is InChI=1S/C11H8N2/c1-2-4-10-9(3-1)11-8(7-13-10)5-6-12-11/h1,3-7H,2H2. The Balaban J connectivity index is 2.50. The van der Waals surface area contributed by atoms with E-state index in [4.69, 9.17) is 0 Å². The number of rotatable bonds is 0. The van der Waals surface area contributed by atoms with Crippen LogP contribution in [0.3, 0.4) is 0 Å². The number of allylic oxidation sites excluding steroid dienone is 1. The lowest BCUT2D eigenvalue weighted by Crippen LogP contribution is -2.18. The number of fused-ring (bicyclic) bond motifs is 3. The van der Waals surface area contributed by atoms with Gasteiger partial charge in [-0.1, -0.05) is 18.2 Å². The van der Waals surface area contributed by atoms with E-state index in [0.29, 0.717) is 0 Å². The Bertz CT molecular complexity index is 536. The molecule has 1 aliphatic heterocycles. The van der Waals surface area contributed by atoms with E-state index in [0.717, 1.165) is 28.2 Å². The molecule has 0 unspecified atom stereocenters. The van der Waals surface area contributed by atoms with Crippen molar-refractivity contribution >= 4 is 30.1 Å². The van der Waals surface area contributed by atoms with E-state index in [1.165, 1.54) is 0 Å². The summed E-state index contributed by atoms with van der Waals surface area (Å²) in [5, 5.41) is 2.19. The second-order valence-corrected chi connectivity index (χ2v) is 3.15. The lowest BCUT2D eigenvalue weighted by molar-refractivity contribution is 1.19. The van der Waals surface area contributed by atoms with Crippen LogP contribution in [0, 0.1) is 0 Å². The molecule has 1 aromatic heterocycles. The molecular formula is C11H8N2. The van der Waals surface area contributed by atoms with Crippen molar-refractivity contribution in [2.24, 2.45) is 4.99 Å². The molecule has 0 amide bonds. The number of aromatic nitrogens is 1. The average molecular weight is 168 g/mol. The van der Waals surface area contributed by atoms with Crippen molar-refractivity contribution in [3.05, 3.63) is 28.4 Å². The summed E-state index contributed by atoms with van der Waals surface area (Å²) in [7, 11) is 0. The molecular weight excluding hydrogens is 160 g/mol. The molecule has 3 rings (SSSR count). The molecule has 1 aromatic rings. The fourth-order valence-electron chi connectivity index (χ4n) is 1.70. The molecule has 0 saturated carbocycles. The van der Waals surface area contributed by atoms with E-state index in [1.54, 1.807) is 0 Å². The Hall–Kier alpha value is -1.70. The zero-order valence-corrected chi connectivity index (χ0v) is 7.07. The second kappa shape index (κ2) is 2.39. The van der Waals surface area contributed by atoms with Gasteiger partial charge in [0.05, 0.1) is 11.0 Å². The van der Waals surface area contributed by atoms with Crippen LogP contribution < -0.4 is 10.6 Å². The number of pyridine rings is 1. The van der Waals surface area contributed by atoms with Crippen LogP contribution in [0.2, 0.25) is 0 Å². The van der Waals surface area contributed by atoms with Crippen molar-refractivity contribution in [2.75, 3.05) is 0 Å². The van der Waals surface area contributed by atoms with Crippen LogP contribution in [0.4, 0.5) is 5.69 Å². The van der Waals surface area contributed by atoms with Crippen LogP contribution in [-0.4, -0.2) is 11.2 Å². The van der Waals surface area contributed by atoms with Gasteiger partial charge in [0.25, 0.3) is 0 Å². The molecule has 2 aliphatic rings. The number of hydrogen-bond donors (Lipinski definition) is 0. The van der Waals surface area contributed by atoms with Crippen molar-refractivity contribution in [1.29, 1.82) is 0 Å². The van der Waals surface area contributed by atoms with Gasteiger partial charge >= 0.3 is 0 Å². The minimum absolute atomic E-state index is 0.978. The Morgan fingerprint density at radius 3 is 3.31 bits per heavy atom. The van der Waals surface area contributed by atoms with Crippen molar-refractivity contribution in [3.8, 4) is 0 Å². The maximum atomic E-state index is 4.37. The van der Waals surface area contributed by atoms with Gasteiger partial charge in [-0.05, 0) is 12.5 Å². The molecule has 0 radical (unpaired) electrons. The first kappa shape index (κ1) is 6.78. The molecule has 2 heterocycles. The number of aliphatic imine (C=N–C) groups is 1. The predicted molar refractivity (Wildman–Crippen MR) is 54.2 cm³/mol. The summed E-state index contributed by atoms with van der Waals surface area (Å²) >= 11 is 0. The molecule has 13 heavy (non-hydrogen) atoms. The molecule has 0 saturated heterocycles. The third-order valence-electron chi connectivity index (χ3n) is 2.34. The van der Waals surface area contributed by atoms with Crippen LogP contribution in [0.1, 0.15) is 12.0 Å². The molecule has 2 heteroatoms. The first-order chi connectivity index (χ1) is 6.45. The van der Waals surface area contributed by atoms with Gasteiger partial charge in [-0.25, -0.2) is 0 Å². The van der Waals surface area contributed by atoms with Gasteiger partial charge in [0.2, 0.25) is 0 Å². The highest BCUT2D eigenvalue weighted by atomic mass is 14.8. The van der Waals surface area contributed by atoms with Gasteiger partial charge in [-0.15, -0.1) is 0 Å². The van der Waals surface area contributed by atoms with E-state index in [2.05, 4.69) is 28.2 Å². The van der Waals surface area contributed by atoms with Crippen LogP contribution in [0.15, 0.2) is 17.3 Å². The first-order valence-corrected chi connectivity index (χ1v) is 4.35. The molecule has 0 aromatic carbocycles. The Kier molecular flexibility index (Phi) is 1.25. The highest BCUT2D eigenvalue weighted by molar-refractivity contribution is 5.98. The van der Waals surface area contributed by atoms with Gasteiger partial charge < -0.3 is 0 Å². The largest absolute Gasteiger partial charge is 0.256 e. The Morgan fingerprint density at radius 1 is 1.31 bits per heavy atom. The zero-order valence-electron chi connectivity index (χ0n) is 7.07. The quantitative estimate of drug-likeness (QED) is 0.562. The third kappa shape index (κ3) is 0.886. The van der Waals surface area contributed by atoms with E-state index in [9.17, 15) is 0 Å². The maximum Gasteiger partial charge on any atom is 0.0811 e. The third-order valence-corrected chi connectivity index (χ3v) is 2.34. The molecule has 0 atom stereocenters. The minimum Gasteiger partial charge on any atom is -0.256 e. The molecule has 1 aliphatic carbocycles. The van der Waals surface area contributed by atoms with Crippen LogP contribution in [-0.2, 0) is 0 Å². The Labute approximate surface area is 75.7 Å². The van der Waals surface area contributed by atoms with Crippen LogP contribution in [0.5, 0.6) is 0 Å². The van der Waals surface area contributed by atoms with Crippen molar-refractivity contribution in [2.45, 2.75) is 6.42 Å². The molecule has 0 spiro atoms. The summed E-state index contributed by atoms with van der Waals surface area (Å²) in [6, 6.07) is 0. The average Bonchev–Trinajstić information content (AvgIpc) is 2.65. The monoisotopic (exact) mass is 168 g/mol. The lowest BCUT2D eigenvalue weighted by atomic mass is 10.1. The first-order valence-electron chi connectivity index (χ1n) is 4.35. The maximum absolute atomic E-state index is 4.37. The van der Waals surface area contributed by atoms with Crippen molar-refractivity contribution in [3.63, 3.8) is 0 Å². The van der Waals surface area contributed by atoms with Gasteiger partial charge in [0, 0.05) is 23.2 Å². The van der Waals surface area contributed by atoms with E-state index in [-0.39, 0.29) is 0 Å².